The van der Waals surface area contributed by atoms with Gasteiger partial charge < -0.3 is 0 Å². The zero-order chi connectivity index (χ0) is 20.6. The first-order valence-electron chi connectivity index (χ1n) is 9.60. The summed E-state index contributed by atoms with van der Waals surface area (Å²) in [5.74, 6) is -0.853. The number of rotatable bonds is 5. The second-order valence-electron chi connectivity index (χ2n) is 7.35. The average molecular weight is 477 g/mol. The highest BCUT2D eigenvalue weighted by atomic mass is 79.9. The van der Waals surface area contributed by atoms with E-state index in [9.17, 15) is 18.0 Å². The van der Waals surface area contributed by atoms with Crippen LogP contribution in [0, 0.1) is 0 Å². The lowest BCUT2D eigenvalue weighted by molar-refractivity contribution is -0.122. The maximum atomic E-state index is 13.5. The second kappa shape index (κ2) is 8.01. The van der Waals surface area contributed by atoms with E-state index < -0.39 is 22.0 Å². The zero-order valence-electron chi connectivity index (χ0n) is 15.7. The van der Waals surface area contributed by atoms with Crippen molar-refractivity contribution in [2.45, 2.75) is 49.1 Å². The number of hydrogen-bond donors (Lipinski definition) is 0. The van der Waals surface area contributed by atoms with Crippen LogP contribution in [0.25, 0.3) is 0 Å². The second-order valence-corrected chi connectivity index (χ2v) is 10.1. The van der Waals surface area contributed by atoms with Crippen LogP contribution in [0.3, 0.4) is 0 Å². The predicted octanol–water partition coefficient (Wildman–Crippen LogP) is 3.71. The van der Waals surface area contributed by atoms with Gasteiger partial charge >= 0.3 is 0 Å². The number of halogens is 1. The number of para-hydroxylation sites is 1. The highest BCUT2D eigenvalue weighted by Gasteiger charge is 2.49. The summed E-state index contributed by atoms with van der Waals surface area (Å²) in [4.78, 5) is 27.2. The summed E-state index contributed by atoms with van der Waals surface area (Å²) < 4.78 is 29.2. The predicted molar refractivity (Wildman–Crippen MR) is 113 cm³/mol. The van der Waals surface area contributed by atoms with Gasteiger partial charge in [-0.05, 0) is 49.2 Å². The topological polar surface area (TPSA) is 74.8 Å². The van der Waals surface area contributed by atoms with Crippen molar-refractivity contribution >= 4 is 43.5 Å². The molecular weight excluding hydrogens is 456 g/mol. The fourth-order valence-corrected chi connectivity index (χ4v) is 6.26. The largest absolute Gasteiger partial charge is 0.274 e. The molecule has 0 spiro atoms. The van der Waals surface area contributed by atoms with E-state index in [1.807, 2.05) is 0 Å². The first kappa shape index (κ1) is 20.3. The van der Waals surface area contributed by atoms with Gasteiger partial charge in [-0.2, -0.15) is 4.31 Å². The van der Waals surface area contributed by atoms with Gasteiger partial charge in [-0.25, -0.2) is 13.3 Å². The molecule has 0 aromatic heterocycles. The van der Waals surface area contributed by atoms with Crippen molar-refractivity contribution < 1.29 is 18.0 Å². The lowest BCUT2D eigenvalue weighted by Gasteiger charge is -2.32. The molecule has 2 aliphatic rings. The SMILES string of the molecule is O=C1CC(N(C2CCCC2)S(=O)(=O)c2ccc(Br)cc2)C(=O)N1c1ccccc1. The lowest BCUT2D eigenvalue weighted by Crippen LogP contribution is -2.49. The summed E-state index contributed by atoms with van der Waals surface area (Å²) in [7, 11) is -3.93. The Hall–Kier alpha value is -2.03. The van der Waals surface area contributed by atoms with Crippen molar-refractivity contribution in [1.29, 1.82) is 0 Å². The van der Waals surface area contributed by atoms with E-state index in [2.05, 4.69) is 15.9 Å². The minimum absolute atomic E-state index is 0.131. The number of carbonyl (C=O) groups is 2. The van der Waals surface area contributed by atoms with Crippen molar-refractivity contribution in [3.63, 3.8) is 0 Å². The van der Waals surface area contributed by atoms with Crippen LogP contribution in [0.15, 0.2) is 64.0 Å². The minimum Gasteiger partial charge on any atom is -0.274 e. The molecular formula is C21H21BrN2O4S. The molecule has 2 fully saturated rings. The monoisotopic (exact) mass is 476 g/mol. The van der Waals surface area contributed by atoms with Gasteiger partial charge in [0.2, 0.25) is 15.9 Å². The molecule has 2 aromatic carbocycles. The van der Waals surface area contributed by atoms with E-state index in [0.717, 1.165) is 22.2 Å². The summed E-state index contributed by atoms with van der Waals surface area (Å²) in [6, 6.07) is 13.7. The molecule has 1 unspecified atom stereocenters. The van der Waals surface area contributed by atoms with Crippen LogP contribution >= 0.6 is 15.9 Å². The maximum Gasteiger partial charge on any atom is 0.252 e. The Balaban J connectivity index is 1.74. The van der Waals surface area contributed by atoms with Gasteiger partial charge in [0, 0.05) is 10.5 Å². The molecule has 0 bridgehead atoms. The number of sulfonamides is 1. The number of anilines is 1. The summed E-state index contributed by atoms with van der Waals surface area (Å²) in [6.45, 7) is 0. The molecule has 1 atom stereocenters. The van der Waals surface area contributed by atoms with Crippen molar-refractivity contribution in [2.24, 2.45) is 0 Å². The first-order chi connectivity index (χ1) is 13.9. The van der Waals surface area contributed by atoms with E-state index in [-0.39, 0.29) is 23.3 Å². The Labute approximate surface area is 178 Å². The van der Waals surface area contributed by atoms with Gasteiger partial charge in [-0.1, -0.05) is 47.0 Å². The van der Waals surface area contributed by atoms with Crippen LogP contribution in [0.5, 0.6) is 0 Å². The molecule has 2 amide bonds. The molecule has 152 valence electrons. The van der Waals surface area contributed by atoms with E-state index >= 15 is 0 Å². The van der Waals surface area contributed by atoms with Crippen molar-refractivity contribution in [2.75, 3.05) is 4.90 Å². The van der Waals surface area contributed by atoms with E-state index in [0.29, 0.717) is 18.5 Å². The smallest absolute Gasteiger partial charge is 0.252 e. The van der Waals surface area contributed by atoms with Crippen molar-refractivity contribution in [3.05, 3.63) is 59.1 Å². The molecule has 1 aliphatic carbocycles. The van der Waals surface area contributed by atoms with Gasteiger partial charge in [-0.15, -0.1) is 0 Å². The third kappa shape index (κ3) is 3.76. The first-order valence-corrected chi connectivity index (χ1v) is 11.8. The highest BCUT2D eigenvalue weighted by Crippen LogP contribution is 2.35. The number of nitrogens with zero attached hydrogens (tertiary/aromatic N) is 2. The third-order valence-corrected chi connectivity index (χ3v) is 8.02. The summed E-state index contributed by atoms with van der Waals surface area (Å²) in [5.41, 5.74) is 0.470. The van der Waals surface area contributed by atoms with E-state index in [1.54, 1.807) is 42.5 Å². The number of imide groups is 1. The van der Waals surface area contributed by atoms with Crippen LogP contribution in [0.4, 0.5) is 5.69 Å². The molecule has 1 heterocycles. The van der Waals surface area contributed by atoms with Crippen LogP contribution in [0.2, 0.25) is 0 Å². The maximum absolute atomic E-state index is 13.5. The number of amides is 2. The van der Waals surface area contributed by atoms with Gasteiger partial charge in [0.25, 0.3) is 5.91 Å². The quantitative estimate of drug-likeness (QED) is 0.616. The third-order valence-electron chi connectivity index (χ3n) is 5.52. The number of hydrogen-bond acceptors (Lipinski definition) is 4. The molecule has 29 heavy (non-hydrogen) atoms. The zero-order valence-corrected chi connectivity index (χ0v) is 18.1. The molecule has 6 nitrogen and oxygen atoms in total. The van der Waals surface area contributed by atoms with E-state index in [4.69, 9.17) is 0 Å². The Morgan fingerprint density at radius 3 is 2.17 bits per heavy atom. The van der Waals surface area contributed by atoms with Gasteiger partial charge in [0.1, 0.15) is 6.04 Å². The Kier molecular flexibility index (Phi) is 5.59. The molecule has 8 heteroatoms. The van der Waals surface area contributed by atoms with Gasteiger partial charge in [0.15, 0.2) is 0 Å². The van der Waals surface area contributed by atoms with Crippen molar-refractivity contribution in [3.8, 4) is 0 Å². The van der Waals surface area contributed by atoms with Crippen LogP contribution in [0.1, 0.15) is 32.1 Å². The fourth-order valence-electron chi connectivity index (χ4n) is 4.17. The average Bonchev–Trinajstić information content (AvgIpc) is 3.32. The molecule has 4 rings (SSSR count). The Bertz CT molecular complexity index is 1020. The van der Waals surface area contributed by atoms with Gasteiger partial charge in [-0.3, -0.25) is 9.59 Å². The molecule has 1 saturated heterocycles. The fraction of sp³-hybridized carbons (Fsp3) is 0.333. The summed E-state index contributed by atoms with van der Waals surface area (Å²) >= 11 is 3.32. The Morgan fingerprint density at radius 1 is 0.931 bits per heavy atom. The standard InChI is InChI=1S/C21H21BrN2O4S/c22-15-10-12-18(13-11-15)29(27,28)24(17-8-4-5-9-17)19-14-20(25)23(21(19)26)16-6-2-1-3-7-16/h1-3,6-7,10-13,17,19H,4-5,8-9,14H2. The van der Waals surface area contributed by atoms with Gasteiger partial charge in [0.05, 0.1) is 17.0 Å². The normalized spacial score (nSPS) is 20.8. The molecule has 0 N–H and O–H groups in total. The van der Waals surface area contributed by atoms with E-state index in [1.165, 1.54) is 16.4 Å². The minimum atomic E-state index is -3.93. The summed E-state index contributed by atoms with van der Waals surface area (Å²) in [5, 5.41) is 0. The molecule has 2 aromatic rings. The number of carbonyl (C=O) groups excluding carboxylic acids is 2. The van der Waals surface area contributed by atoms with Crippen molar-refractivity contribution in [1.82, 2.24) is 4.31 Å². The Morgan fingerprint density at radius 2 is 1.55 bits per heavy atom. The summed E-state index contributed by atoms with van der Waals surface area (Å²) in [6.07, 6.45) is 3.07. The molecule has 1 aliphatic heterocycles. The van der Waals surface area contributed by atoms with Crippen LogP contribution in [-0.4, -0.2) is 36.6 Å². The van der Waals surface area contributed by atoms with Crippen LogP contribution in [-0.2, 0) is 19.6 Å². The lowest BCUT2D eigenvalue weighted by atomic mass is 10.2. The highest BCUT2D eigenvalue weighted by molar-refractivity contribution is 9.10. The number of benzene rings is 2. The molecule has 0 radical (unpaired) electrons. The van der Waals surface area contributed by atoms with Crippen LogP contribution < -0.4 is 4.90 Å². The molecule has 1 saturated carbocycles.